The van der Waals surface area contributed by atoms with Gasteiger partial charge in [0.15, 0.2) is 0 Å². The van der Waals surface area contributed by atoms with Gasteiger partial charge >= 0.3 is 0 Å². The number of sulfonamides is 1. The van der Waals surface area contributed by atoms with Gasteiger partial charge < -0.3 is 4.57 Å². The van der Waals surface area contributed by atoms with Gasteiger partial charge in [0.25, 0.3) is 0 Å². The Morgan fingerprint density at radius 3 is 2.83 bits per heavy atom. The maximum atomic E-state index is 12.5. The highest BCUT2D eigenvalue weighted by molar-refractivity contribution is 7.89. The van der Waals surface area contributed by atoms with Crippen LogP contribution < -0.4 is 4.72 Å². The van der Waals surface area contributed by atoms with Crippen molar-refractivity contribution in [2.24, 2.45) is 7.05 Å². The Balaban J connectivity index is 1.55. The molecule has 24 heavy (non-hydrogen) atoms. The molecular formula is C18H19N3O2S. The number of aryl methyl sites for hydroxylation is 3. The SMILES string of the molecule is Cn1cnc2cc(CNS(=O)(=O)c3ccc4c(c3)CCC4)ccc21. The van der Waals surface area contributed by atoms with Crippen LogP contribution in [0, 0.1) is 0 Å². The van der Waals surface area contributed by atoms with Crippen LogP contribution in [0.15, 0.2) is 47.6 Å². The van der Waals surface area contributed by atoms with E-state index in [1.54, 1.807) is 12.4 Å². The van der Waals surface area contributed by atoms with Crippen LogP contribution in [0.25, 0.3) is 11.0 Å². The third kappa shape index (κ3) is 2.72. The number of nitrogens with one attached hydrogen (secondary N) is 1. The van der Waals surface area contributed by atoms with Crippen LogP contribution in [0.4, 0.5) is 0 Å². The molecular weight excluding hydrogens is 322 g/mol. The maximum Gasteiger partial charge on any atom is 0.240 e. The van der Waals surface area contributed by atoms with Gasteiger partial charge in [-0.05, 0) is 60.2 Å². The number of hydrogen-bond acceptors (Lipinski definition) is 3. The number of fused-ring (bicyclic) bond motifs is 2. The highest BCUT2D eigenvalue weighted by Gasteiger charge is 2.18. The minimum Gasteiger partial charge on any atom is -0.334 e. The van der Waals surface area contributed by atoms with Crippen molar-refractivity contribution in [3.63, 3.8) is 0 Å². The van der Waals surface area contributed by atoms with E-state index >= 15 is 0 Å². The lowest BCUT2D eigenvalue weighted by Crippen LogP contribution is -2.23. The summed E-state index contributed by atoms with van der Waals surface area (Å²) in [6.07, 6.45) is 4.88. The Kier molecular flexibility index (Phi) is 3.66. The number of hydrogen-bond donors (Lipinski definition) is 1. The first-order valence-electron chi connectivity index (χ1n) is 8.04. The van der Waals surface area contributed by atoms with Gasteiger partial charge in [-0.3, -0.25) is 0 Å². The fourth-order valence-corrected chi connectivity index (χ4v) is 4.34. The number of aromatic nitrogens is 2. The molecule has 0 atom stereocenters. The summed E-state index contributed by atoms with van der Waals surface area (Å²) in [4.78, 5) is 4.66. The summed E-state index contributed by atoms with van der Waals surface area (Å²) in [6, 6.07) is 11.3. The third-order valence-corrected chi connectivity index (χ3v) is 6.04. The van der Waals surface area contributed by atoms with Gasteiger partial charge in [0, 0.05) is 13.6 Å². The zero-order valence-electron chi connectivity index (χ0n) is 13.5. The van der Waals surface area contributed by atoms with E-state index in [0.717, 1.165) is 41.4 Å². The monoisotopic (exact) mass is 341 g/mol. The summed E-state index contributed by atoms with van der Waals surface area (Å²) >= 11 is 0. The highest BCUT2D eigenvalue weighted by atomic mass is 32.2. The van der Waals surface area contributed by atoms with Gasteiger partial charge in [-0.15, -0.1) is 0 Å². The lowest BCUT2D eigenvalue weighted by atomic mass is 10.1. The van der Waals surface area contributed by atoms with E-state index in [1.165, 1.54) is 5.56 Å². The summed E-state index contributed by atoms with van der Waals surface area (Å²) in [7, 11) is -1.57. The first kappa shape index (κ1) is 15.4. The second-order valence-corrected chi connectivity index (χ2v) is 8.05. The van der Waals surface area contributed by atoms with Crippen molar-refractivity contribution in [3.05, 3.63) is 59.4 Å². The molecule has 1 aromatic heterocycles. The normalized spacial score (nSPS) is 14.2. The van der Waals surface area contributed by atoms with Crippen LogP contribution >= 0.6 is 0 Å². The lowest BCUT2D eigenvalue weighted by Gasteiger charge is -2.09. The van der Waals surface area contributed by atoms with E-state index in [4.69, 9.17) is 0 Å². The number of nitrogens with zero attached hydrogens (tertiary/aromatic N) is 2. The second kappa shape index (κ2) is 5.72. The zero-order chi connectivity index (χ0) is 16.7. The van der Waals surface area contributed by atoms with Gasteiger partial charge in [0.05, 0.1) is 22.3 Å². The quantitative estimate of drug-likeness (QED) is 0.793. The molecule has 0 radical (unpaired) electrons. The van der Waals surface area contributed by atoms with E-state index in [2.05, 4.69) is 9.71 Å². The van der Waals surface area contributed by atoms with Crippen LogP contribution in [0.5, 0.6) is 0 Å². The van der Waals surface area contributed by atoms with Crippen molar-refractivity contribution in [2.75, 3.05) is 0 Å². The average molecular weight is 341 g/mol. The van der Waals surface area contributed by atoms with Crippen LogP contribution in [0.3, 0.4) is 0 Å². The molecule has 1 heterocycles. The summed E-state index contributed by atoms with van der Waals surface area (Å²) in [6.45, 7) is 0.256. The molecule has 0 saturated carbocycles. The molecule has 3 aromatic rings. The molecule has 124 valence electrons. The van der Waals surface area contributed by atoms with E-state index in [0.29, 0.717) is 4.90 Å². The Bertz CT molecular complexity index is 1020. The highest BCUT2D eigenvalue weighted by Crippen LogP contribution is 2.24. The second-order valence-electron chi connectivity index (χ2n) is 6.29. The van der Waals surface area contributed by atoms with Crippen molar-refractivity contribution >= 4 is 21.1 Å². The average Bonchev–Trinajstić information content (AvgIpc) is 3.19. The van der Waals surface area contributed by atoms with Crippen LogP contribution in [-0.4, -0.2) is 18.0 Å². The molecule has 0 aliphatic heterocycles. The lowest BCUT2D eigenvalue weighted by molar-refractivity contribution is 0.581. The van der Waals surface area contributed by atoms with E-state index < -0.39 is 10.0 Å². The Hall–Kier alpha value is -2.18. The van der Waals surface area contributed by atoms with Crippen molar-refractivity contribution in [1.82, 2.24) is 14.3 Å². The molecule has 0 fully saturated rings. The molecule has 0 spiro atoms. The van der Waals surface area contributed by atoms with E-state index in [9.17, 15) is 8.42 Å². The minimum absolute atomic E-state index is 0.256. The Morgan fingerprint density at radius 1 is 1.12 bits per heavy atom. The molecule has 0 saturated heterocycles. The van der Waals surface area contributed by atoms with Gasteiger partial charge in [0.1, 0.15) is 0 Å². The fraction of sp³-hybridized carbons (Fsp3) is 0.278. The van der Waals surface area contributed by atoms with Gasteiger partial charge in [-0.1, -0.05) is 12.1 Å². The van der Waals surface area contributed by atoms with E-state index in [-0.39, 0.29) is 6.54 Å². The molecule has 5 nitrogen and oxygen atoms in total. The standard InChI is InChI=1S/C18H19N3O2S/c1-21-12-19-17-9-13(5-8-18(17)21)11-20-24(22,23)16-7-6-14-3-2-4-15(14)10-16/h5-10,12,20H,2-4,11H2,1H3. The smallest absolute Gasteiger partial charge is 0.240 e. The van der Waals surface area contributed by atoms with E-state index in [1.807, 2.05) is 41.9 Å². The zero-order valence-corrected chi connectivity index (χ0v) is 14.3. The van der Waals surface area contributed by atoms with Gasteiger partial charge in [-0.2, -0.15) is 0 Å². The minimum atomic E-state index is -3.50. The fourth-order valence-electron chi connectivity index (χ4n) is 3.27. The summed E-state index contributed by atoms with van der Waals surface area (Å²) in [5.74, 6) is 0. The van der Waals surface area contributed by atoms with Crippen molar-refractivity contribution in [1.29, 1.82) is 0 Å². The summed E-state index contributed by atoms with van der Waals surface area (Å²) in [5, 5.41) is 0. The molecule has 6 heteroatoms. The van der Waals surface area contributed by atoms with Crippen molar-refractivity contribution < 1.29 is 8.42 Å². The first-order valence-corrected chi connectivity index (χ1v) is 9.53. The largest absolute Gasteiger partial charge is 0.334 e. The Labute approximate surface area is 141 Å². The van der Waals surface area contributed by atoms with Crippen LogP contribution in [0.1, 0.15) is 23.1 Å². The molecule has 1 aliphatic rings. The number of rotatable bonds is 4. The number of imidazole rings is 1. The molecule has 1 N–H and O–H groups in total. The Morgan fingerprint density at radius 2 is 1.96 bits per heavy atom. The van der Waals surface area contributed by atoms with Gasteiger partial charge in [-0.25, -0.2) is 18.1 Å². The molecule has 0 amide bonds. The van der Waals surface area contributed by atoms with Crippen LogP contribution in [-0.2, 0) is 36.5 Å². The predicted octanol–water partition coefficient (Wildman–Crippen LogP) is 2.54. The number of benzene rings is 2. The summed E-state index contributed by atoms with van der Waals surface area (Å²) in [5.41, 5.74) is 5.22. The van der Waals surface area contributed by atoms with Crippen molar-refractivity contribution in [2.45, 2.75) is 30.7 Å². The molecule has 1 aliphatic carbocycles. The molecule has 4 rings (SSSR count). The topological polar surface area (TPSA) is 64.0 Å². The maximum absolute atomic E-state index is 12.5. The molecule has 0 bridgehead atoms. The third-order valence-electron chi connectivity index (χ3n) is 4.64. The first-order chi connectivity index (χ1) is 11.5. The summed E-state index contributed by atoms with van der Waals surface area (Å²) < 4.78 is 29.7. The van der Waals surface area contributed by atoms with Crippen LogP contribution in [0.2, 0.25) is 0 Å². The van der Waals surface area contributed by atoms with Crippen molar-refractivity contribution in [3.8, 4) is 0 Å². The molecule has 2 aromatic carbocycles. The molecule has 0 unspecified atom stereocenters. The predicted molar refractivity (Wildman–Crippen MR) is 93.2 cm³/mol. The van der Waals surface area contributed by atoms with Gasteiger partial charge in [0.2, 0.25) is 10.0 Å².